The molecule has 5 aliphatic heterocycles. The van der Waals surface area contributed by atoms with Gasteiger partial charge in [-0.1, -0.05) is 55.5 Å². The Kier molecular flexibility index (Phi) is 9.64. The number of anilines is 5. The summed E-state index contributed by atoms with van der Waals surface area (Å²) in [5.41, 5.74) is 4.61. The van der Waals surface area contributed by atoms with Crippen LogP contribution in [0.5, 0.6) is 0 Å². The number of amides is 4. The third-order valence-electron chi connectivity index (χ3n) is 13.2. The molecule has 4 aromatic rings. The van der Waals surface area contributed by atoms with Crippen LogP contribution in [0.3, 0.4) is 0 Å². The summed E-state index contributed by atoms with van der Waals surface area (Å²) in [5, 5.41) is 10.0. The first-order valence-corrected chi connectivity index (χ1v) is 23.5. The monoisotopic (exact) mass is 800 g/mol. The zero-order chi connectivity index (χ0) is 40.5. The van der Waals surface area contributed by atoms with Crippen molar-refractivity contribution in [2.45, 2.75) is 94.8 Å². The van der Waals surface area contributed by atoms with E-state index in [0.717, 1.165) is 34.5 Å². The molecule has 2 saturated heterocycles. The molecule has 0 aliphatic carbocycles. The van der Waals surface area contributed by atoms with Gasteiger partial charge in [-0.2, -0.15) is 0 Å². The fourth-order valence-electron chi connectivity index (χ4n) is 10.6. The normalized spacial score (nSPS) is 25.4. The number of hydrogen-bond donors (Lipinski definition) is 1. The molecule has 0 saturated carbocycles. The summed E-state index contributed by atoms with van der Waals surface area (Å²) in [7, 11) is -3.61. The quantitative estimate of drug-likeness (QED) is 0.145. The number of carbonyl (C=O) groups is 4. The van der Waals surface area contributed by atoms with Gasteiger partial charge in [0, 0.05) is 47.8 Å². The van der Waals surface area contributed by atoms with Gasteiger partial charge in [0.15, 0.2) is 5.60 Å². The Hall–Kier alpha value is -5.17. The van der Waals surface area contributed by atoms with Crippen molar-refractivity contribution in [1.29, 1.82) is 0 Å². The Labute approximate surface area is 339 Å². The number of fused-ring (bicyclic) bond motifs is 4. The van der Waals surface area contributed by atoms with E-state index in [4.69, 9.17) is 4.74 Å². The molecule has 300 valence electrons. The molecular formula is C46H49FN4O6Si. The van der Waals surface area contributed by atoms with E-state index in [1.807, 2.05) is 97.9 Å². The van der Waals surface area contributed by atoms with E-state index in [-0.39, 0.29) is 49.2 Å². The molecule has 0 radical (unpaired) electrons. The van der Waals surface area contributed by atoms with Crippen molar-refractivity contribution in [3.8, 4) is 0 Å². The van der Waals surface area contributed by atoms with Gasteiger partial charge in [-0.15, -0.1) is 0 Å². The van der Waals surface area contributed by atoms with Crippen LogP contribution in [0, 0.1) is 5.92 Å². The van der Waals surface area contributed by atoms with E-state index in [1.54, 1.807) is 32.7 Å². The molecule has 5 heterocycles. The van der Waals surface area contributed by atoms with Gasteiger partial charge in [-0.05, 0) is 97.9 Å². The van der Waals surface area contributed by atoms with E-state index < -0.39 is 31.6 Å². The Morgan fingerprint density at radius 3 is 2.10 bits per heavy atom. The number of carbonyl (C=O) groups excluding carboxylic acids is 4. The number of aliphatic hydroxyl groups excluding tert-OH is 1. The van der Waals surface area contributed by atoms with Crippen molar-refractivity contribution in [3.63, 3.8) is 0 Å². The minimum absolute atomic E-state index is 0.00388. The van der Waals surface area contributed by atoms with Crippen molar-refractivity contribution in [1.82, 2.24) is 4.90 Å². The van der Waals surface area contributed by atoms with Crippen molar-refractivity contribution in [2.75, 3.05) is 27.9 Å². The number of rotatable bonds is 8. The second-order valence-corrected chi connectivity index (χ2v) is 20.8. The molecule has 0 aromatic heterocycles. The molecule has 58 heavy (non-hydrogen) atoms. The highest BCUT2D eigenvalue weighted by molar-refractivity contribution is 6.72. The number of nitrogens with zero attached hydrogens (tertiary/aromatic N) is 4. The Balaban J connectivity index is 1.14. The van der Waals surface area contributed by atoms with Crippen LogP contribution in [0.2, 0.25) is 18.6 Å². The largest absolute Gasteiger partial charge is 0.394 e. The summed E-state index contributed by atoms with van der Waals surface area (Å²) in [6.07, 6.45) is 2.49. The van der Waals surface area contributed by atoms with E-state index in [9.17, 15) is 19.5 Å². The number of aryl methyl sites for hydroxylation is 2. The van der Waals surface area contributed by atoms with Crippen LogP contribution in [0.1, 0.15) is 61.3 Å². The van der Waals surface area contributed by atoms with Gasteiger partial charge >= 0.3 is 0 Å². The maximum Gasteiger partial charge on any atom is 0.264 e. The lowest BCUT2D eigenvalue weighted by atomic mass is 9.82. The highest BCUT2D eigenvalue weighted by Crippen LogP contribution is 2.61. The summed E-state index contributed by atoms with van der Waals surface area (Å²) in [6, 6.07) is 28.6. The van der Waals surface area contributed by atoms with Crippen molar-refractivity contribution < 1.29 is 33.1 Å². The first kappa shape index (κ1) is 38.4. The third-order valence-corrected chi connectivity index (χ3v) is 15.6. The molecule has 2 fully saturated rings. The third kappa shape index (κ3) is 6.19. The number of hydrogen-bond acceptors (Lipinski definition) is 6. The summed E-state index contributed by atoms with van der Waals surface area (Å²) < 4.78 is 23.8. The van der Waals surface area contributed by atoms with Gasteiger partial charge in [0.2, 0.25) is 26.1 Å². The van der Waals surface area contributed by atoms with Crippen LogP contribution in [0.15, 0.2) is 91.0 Å². The molecule has 1 N–H and O–H groups in total. The number of aliphatic hydroxyl groups is 1. The smallest absolute Gasteiger partial charge is 0.264 e. The topological polar surface area (TPSA) is 111 Å². The molecule has 5 atom stereocenters. The molecule has 5 aliphatic rings. The fraction of sp³-hybridized carbons (Fsp3) is 0.391. The second kappa shape index (κ2) is 14.6. The van der Waals surface area contributed by atoms with Gasteiger partial charge in [0.1, 0.15) is 0 Å². The standard InChI is InChI=1S/C46H49FN4O6Si/c1-29-44(58(2,3)47)40(26-43(55)48-23-9-14-35(48)28-52)57-46(29)36-25-34(51-38-16-7-5-12-32(38)18-22-42(51)54)19-20-39(36)49(45(46)56)27-30-10-8-13-33(24-30)50-37-15-6-4-11-31(37)17-21-41(50)53/h4-8,10-13,15-16,19-20,24-25,29,35,40,44,52H,9,14,17-18,21-23,26-28H2,1-3H3/t29-,35+,40+,44-,46+/m1/s1. The molecule has 12 heteroatoms. The predicted molar refractivity (Wildman–Crippen MR) is 222 cm³/mol. The molecule has 9 rings (SSSR count). The van der Waals surface area contributed by atoms with E-state index in [2.05, 4.69) is 0 Å². The molecule has 4 aromatic carbocycles. The molecule has 0 bridgehead atoms. The summed E-state index contributed by atoms with van der Waals surface area (Å²) in [6.45, 7) is 5.60. The SMILES string of the molecule is C[C@@H]1[C@@H]([Si](C)(C)F)[C@H](CC(=O)N2CCC[C@H]2CO)O[C@@]12C(=O)N(Cc1cccc(N3C(=O)CCc4ccccc43)c1)c1ccc(N3C(=O)CCc4ccccc43)cc12. The lowest BCUT2D eigenvalue weighted by Crippen LogP contribution is -2.45. The van der Waals surface area contributed by atoms with E-state index in [1.165, 1.54) is 0 Å². The first-order chi connectivity index (χ1) is 27.9. The summed E-state index contributed by atoms with van der Waals surface area (Å²) in [5.74, 6) is -1.30. The zero-order valence-electron chi connectivity index (χ0n) is 33.2. The van der Waals surface area contributed by atoms with Gasteiger partial charge in [-0.3, -0.25) is 29.0 Å². The van der Waals surface area contributed by atoms with Gasteiger partial charge in [0.05, 0.1) is 48.8 Å². The van der Waals surface area contributed by atoms with Crippen LogP contribution < -0.4 is 14.7 Å². The average Bonchev–Trinajstić information content (AvgIpc) is 3.88. The highest BCUT2D eigenvalue weighted by atomic mass is 28.4. The van der Waals surface area contributed by atoms with Crippen LogP contribution in [0.25, 0.3) is 0 Å². The number of likely N-dealkylation sites (tertiary alicyclic amines) is 1. The molecule has 1 spiro atoms. The zero-order valence-corrected chi connectivity index (χ0v) is 34.2. The van der Waals surface area contributed by atoms with Crippen LogP contribution in [-0.4, -0.2) is 67.3 Å². The van der Waals surface area contributed by atoms with E-state index >= 15 is 8.90 Å². The Morgan fingerprint density at radius 1 is 0.828 bits per heavy atom. The Bertz CT molecular complexity index is 2330. The lowest BCUT2D eigenvalue weighted by Gasteiger charge is -2.32. The second-order valence-electron chi connectivity index (χ2n) is 17.0. The maximum atomic E-state index is 16.8. The van der Waals surface area contributed by atoms with Crippen LogP contribution in [0.4, 0.5) is 32.5 Å². The molecule has 0 unspecified atom stereocenters. The van der Waals surface area contributed by atoms with E-state index in [0.29, 0.717) is 61.3 Å². The van der Waals surface area contributed by atoms with Crippen LogP contribution >= 0.6 is 0 Å². The Morgan fingerprint density at radius 2 is 1.47 bits per heavy atom. The number of benzene rings is 4. The van der Waals surface area contributed by atoms with Crippen LogP contribution in [-0.2, 0) is 48.9 Å². The summed E-state index contributed by atoms with van der Waals surface area (Å²) in [4.78, 5) is 63.2. The van der Waals surface area contributed by atoms with Gasteiger partial charge in [-0.25, -0.2) is 0 Å². The van der Waals surface area contributed by atoms with Crippen molar-refractivity contribution in [2.24, 2.45) is 5.92 Å². The fourth-order valence-corrected chi connectivity index (χ4v) is 13.1. The molecule has 4 amide bonds. The predicted octanol–water partition coefficient (Wildman–Crippen LogP) is 7.60. The molecule has 10 nitrogen and oxygen atoms in total. The number of para-hydroxylation sites is 2. The average molecular weight is 801 g/mol. The summed E-state index contributed by atoms with van der Waals surface area (Å²) >= 11 is 0. The van der Waals surface area contributed by atoms with Crippen molar-refractivity contribution >= 4 is 60.5 Å². The van der Waals surface area contributed by atoms with Gasteiger partial charge in [0.25, 0.3) is 5.91 Å². The number of halogens is 1. The van der Waals surface area contributed by atoms with Gasteiger partial charge < -0.3 is 23.8 Å². The maximum absolute atomic E-state index is 16.8. The highest BCUT2D eigenvalue weighted by Gasteiger charge is 2.67. The molecular weight excluding hydrogens is 752 g/mol. The first-order valence-electron chi connectivity index (χ1n) is 20.5. The minimum atomic E-state index is -3.61. The number of ether oxygens (including phenoxy) is 1. The minimum Gasteiger partial charge on any atom is -0.394 e. The lowest BCUT2D eigenvalue weighted by molar-refractivity contribution is -0.150. The van der Waals surface area contributed by atoms with Crippen molar-refractivity contribution in [3.05, 3.63) is 113 Å².